The molecule has 1 aromatic rings. The van der Waals surface area contributed by atoms with Crippen LogP contribution >= 0.6 is 0 Å². The Kier molecular flexibility index (Phi) is 4.33. The van der Waals surface area contributed by atoms with E-state index in [4.69, 9.17) is 0 Å². The van der Waals surface area contributed by atoms with Crippen LogP contribution in [-0.4, -0.2) is 51.8 Å². The van der Waals surface area contributed by atoms with Crippen LogP contribution in [0, 0.1) is 17.7 Å². The van der Waals surface area contributed by atoms with Crippen LogP contribution in [0.5, 0.6) is 0 Å². The van der Waals surface area contributed by atoms with E-state index < -0.39 is 29.7 Å². The smallest absolute Gasteiger partial charge is 0.236 e. The van der Waals surface area contributed by atoms with Crippen LogP contribution in [0.15, 0.2) is 41.5 Å². The summed E-state index contributed by atoms with van der Waals surface area (Å²) in [6, 6.07) is 3.96. The quantitative estimate of drug-likeness (QED) is 0.583. The van der Waals surface area contributed by atoms with Gasteiger partial charge in [0.15, 0.2) is 5.78 Å². The van der Waals surface area contributed by atoms with Gasteiger partial charge in [0.1, 0.15) is 11.9 Å². The van der Waals surface area contributed by atoms with E-state index in [1.807, 2.05) is 6.08 Å². The van der Waals surface area contributed by atoms with E-state index in [-0.39, 0.29) is 23.6 Å². The SMILES string of the molecule is O=C(c1ccc(F)cc1)[C@@H]1[C@@H]2C(=O)N(C3CCCCC3)C(=O)[C@@H]2[C@H]2C=CC=NN21. The maximum absolute atomic E-state index is 13.4. The number of hydrogen-bond acceptors (Lipinski definition) is 5. The minimum Gasteiger partial charge on any atom is -0.292 e. The molecule has 6 nitrogen and oxygen atoms in total. The molecule has 3 fully saturated rings. The number of hydrogen-bond donors (Lipinski definition) is 0. The molecule has 2 saturated heterocycles. The molecule has 2 amide bonds. The van der Waals surface area contributed by atoms with Crippen molar-refractivity contribution in [3.8, 4) is 0 Å². The summed E-state index contributed by atoms with van der Waals surface area (Å²) in [5, 5.41) is 5.92. The van der Waals surface area contributed by atoms with E-state index in [9.17, 15) is 18.8 Å². The lowest BCUT2D eigenvalue weighted by atomic mass is 9.86. The summed E-state index contributed by atoms with van der Waals surface area (Å²) in [7, 11) is 0. The van der Waals surface area contributed by atoms with E-state index in [1.54, 1.807) is 17.3 Å². The Balaban J connectivity index is 1.53. The highest BCUT2D eigenvalue weighted by Crippen LogP contribution is 2.46. The molecular formula is C22H22FN3O3. The van der Waals surface area contributed by atoms with Gasteiger partial charge in [-0.3, -0.25) is 24.3 Å². The summed E-state index contributed by atoms with van der Waals surface area (Å²) < 4.78 is 13.3. The van der Waals surface area contributed by atoms with Crippen molar-refractivity contribution >= 4 is 23.8 Å². The van der Waals surface area contributed by atoms with Crippen molar-refractivity contribution in [3.05, 3.63) is 47.8 Å². The molecule has 150 valence electrons. The Morgan fingerprint density at radius 2 is 1.69 bits per heavy atom. The maximum Gasteiger partial charge on any atom is 0.236 e. The van der Waals surface area contributed by atoms with Gasteiger partial charge in [0.2, 0.25) is 11.8 Å². The number of rotatable bonds is 3. The van der Waals surface area contributed by atoms with Gasteiger partial charge in [-0.25, -0.2) is 4.39 Å². The van der Waals surface area contributed by atoms with Gasteiger partial charge in [-0.15, -0.1) is 0 Å². The number of carbonyl (C=O) groups is 3. The topological polar surface area (TPSA) is 70.0 Å². The molecule has 0 unspecified atom stereocenters. The van der Waals surface area contributed by atoms with E-state index in [0.29, 0.717) is 5.56 Å². The van der Waals surface area contributed by atoms with Gasteiger partial charge in [-0.1, -0.05) is 25.3 Å². The zero-order valence-corrected chi connectivity index (χ0v) is 15.9. The van der Waals surface area contributed by atoms with Crippen molar-refractivity contribution in [2.75, 3.05) is 0 Å². The molecule has 0 radical (unpaired) electrons. The van der Waals surface area contributed by atoms with Crippen LogP contribution in [0.2, 0.25) is 0 Å². The normalized spacial score (nSPS) is 31.3. The van der Waals surface area contributed by atoms with Gasteiger partial charge >= 0.3 is 0 Å². The third kappa shape index (κ3) is 2.74. The standard InChI is InChI=1S/C22H22FN3O3/c23-14-10-8-13(9-11-14)20(27)19-18-17(16-7-4-12-24-26(16)19)21(28)25(22(18)29)15-5-2-1-3-6-15/h4,7-12,15-19H,1-3,5-6H2/t16-,17-,18-,19+/m1/s1. The molecule has 5 rings (SSSR count). The number of allylic oxidation sites excluding steroid dienone is 1. The van der Waals surface area contributed by atoms with E-state index in [2.05, 4.69) is 5.10 Å². The second-order valence-corrected chi connectivity index (χ2v) is 8.23. The molecule has 3 aliphatic heterocycles. The van der Waals surface area contributed by atoms with Crippen LogP contribution < -0.4 is 0 Å². The number of fused-ring (bicyclic) bond motifs is 3. The largest absolute Gasteiger partial charge is 0.292 e. The second kappa shape index (κ2) is 6.90. The summed E-state index contributed by atoms with van der Waals surface area (Å²) in [5.41, 5.74) is 0.317. The summed E-state index contributed by atoms with van der Waals surface area (Å²) in [4.78, 5) is 41.6. The van der Waals surface area contributed by atoms with Crippen molar-refractivity contribution in [1.82, 2.24) is 9.91 Å². The van der Waals surface area contributed by atoms with Crippen LogP contribution in [0.3, 0.4) is 0 Å². The molecule has 4 aliphatic rings. The number of hydrazone groups is 1. The molecule has 0 bridgehead atoms. The highest BCUT2D eigenvalue weighted by Gasteiger charge is 2.64. The van der Waals surface area contributed by atoms with Gasteiger partial charge in [0, 0.05) is 17.8 Å². The second-order valence-electron chi connectivity index (χ2n) is 8.23. The monoisotopic (exact) mass is 395 g/mol. The van der Waals surface area contributed by atoms with Gasteiger partial charge in [0.25, 0.3) is 0 Å². The molecule has 0 aromatic heterocycles. The van der Waals surface area contributed by atoms with Gasteiger partial charge < -0.3 is 0 Å². The summed E-state index contributed by atoms with van der Waals surface area (Å²) >= 11 is 0. The first kappa shape index (κ1) is 18.2. The zero-order chi connectivity index (χ0) is 20.1. The lowest BCUT2D eigenvalue weighted by molar-refractivity contribution is -0.144. The molecule has 1 aliphatic carbocycles. The van der Waals surface area contributed by atoms with Gasteiger partial charge in [0.05, 0.1) is 17.9 Å². The van der Waals surface area contributed by atoms with Gasteiger partial charge in [-0.05, 0) is 43.2 Å². The predicted octanol–water partition coefficient (Wildman–Crippen LogP) is 2.55. The molecule has 0 N–H and O–H groups in total. The molecule has 1 aromatic carbocycles. The number of amides is 2. The number of ketones is 1. The van der Waals surface area contributed by atoms with Crippen LogP contribution in [0.1, 0.15) is 42.5 Å². The first-order chi connectivity index (χ1) is 14.1. The summed E-state index contributed by atoms with van der Waals surface area (Å²) in [6.45, 7) is 0. The van der Waals surface area contributed by atoms with Gasteiger partial charge in [-0.2, -0.15) is 5.10 Å². The van der Waals surface area contributed by atoms with Crippen LogP contribution in [0.4, 0.5) is 4.39 Å². The number of halogens is 1. The first-order valence-electron chi connectivity index (χ1n) is 10.2. The highest BCUT2D eigenvalue weighted by atomic mass is 19.1. The first-order valence-corrected chi connectivity index (χ1v) is 10.2. The predicted molar refractivity (Wildman–Crippen MR) is 103 cm³/mol. The van der Waals surface area contributed by atoms with E-state index in [1.165, 1.54) is 29.2 Å². The molecular weight excluding hydrogens is 373 g/mol. The number of nitrogens with zero attached hydrogens (tertiary/aromatic N) is 3. The Hall–Kier alpha value is -2.83. The number of likely N-dealkylation sites (tertiary alicyclic amines) is 1. The van der Waals surface area contributed by atoms with Crippen LogP contribution in [0.25, 0.3) is 0 Å². The zero-order valence-electron chi connectivity index (χ0n) is 15.9. The fraction of sp³-hybridized carbons (Fsp3) is 0.455. The van der Waals surface area contributed by atoms with Crippen molar-refractivity contribution < 1.29 is 18.8 Å². The minimum atomic E-state index is -0.860. The van der Waals surface area contributed by atoms with Crippen molar-refractivity contribution in [2.24, 2.45) is 16.9 Å². The fourth-order valence-corrected chi connectivity index (χ4v) is 5.34. The summed E-state index contributed by atoms with van der Waals surface area (Å²) in [5.74, 6) is -2.54. The minimum absolute atomic E-state index is 0.0690. The molecule has 4 atom stereocenters. The fourth-order valence-electron chi connectivity index (χ4n) is 5.34. The summed E-state index contributed by atoms with van der Waals surface area (Å²) in [6.07, 6.45) is 9.97. The Labute approximate surface area is 168 Å². The number of benzene rings is 1. The third-order valence-electron chi connectivity index (χ3n) is 6.66. The molecule has 7 heteroatoms. The molecule has 1 saturated carbocycles. The number of Topliss-reactive ketones (excluding diaryl/α,β-unsaturated/α-hetero) is 1. The number of carbonyl (C=O) groups excluding carboxylic acids is 3. The van der Waals surface area contributed by atoms with Crippen molar-refractivity contribution in [2.45, 2.75) is 50.2 Å². The Bertz CT molecular complexity index is 920. The van der Waals surface area contributed by atoms with Crippen molar-refractivity contribution in [1.29, 1.82) is 0 Å². The Morgan fingerprint density at radius 3 is 2.41 bits per heavy atom. The number of imide groups is 1. The molecule has 3 heterocycles. The lowest BCUT2D eigenvalue weighted by Crippen LogP contribution is -2.49. The third-order valence-corrected chi connectivity index (χ3v) is 6.66. The van der Waals surface area contributed by atoms with Crippen molar-refractivity contribution in [3.63, 3.8) is 0 Å². The van der Waals surface area contributed by atoms with E-state index >= 15 is 0 Å². The maximum atomic E-state index is 13.4. The molecule has 29 heavy (non-hydrogen) atoms. The lowest BCUT2D eigenvalue weighted by Gasteiger charge is -2.34. The average molecular weight is 395 g/mol. The average Bonchev–Trinajstić information content (AvgIpc) is 3.22. The van der Waals surface area contributed by atoms with Crippen LogP contribution in [-0.2, 0) is 9.59 Å². The Morgan fingerprint density at radius 1 is 1.00 bits per heavy atom. The van der Waals surface area contributed by atoms with E-state index in [0.717, 1.165) is 32.1 Å². The highest BCUT2D eigenvalue weighted by molar-refractivity contribution is 6.12. The molecule has 0 spiro atoms.